The second kappa shape index (κ2) is 9.89. The lowest BCUT2D eigenvalue weighted by molar-refractivity contribution is -0.120. The smallest absolute Gasteiger partial charge is 0.253 e. The van der Waals surface area contributed by atoms with E-state index in [0.29, 0.717) is 10.6 Å². The predicted molar refractivity (Wildman–Crippen MR) is 116 cm³/mol. The van der Waals surface area contributed by atoms with Crippen molar-refractivity contribution in [3.63, 3.8) is 0 Å². The summed E-state index contributed by atoms with van der Waals surface area (Å²) in [6.45, 7) is 1.85. The van der Waals surface area contributed by atoms with Crippen LogP contribution in [0.1, 0.15) is 34.3 Å². The summed E-state index contributed by atoms with van der Waals surface area (Å²) in [7, 11) is 0. The molecule has 0 fully saturated rings. The second-order valence-electron chi connectivity index (χ2n) is 6.82. The van der Waals surface area contributed by atoms with Crippen molar-refractivity contribution in [3.8, 4) is 0 Å². The van der Waals surface area contributed by atoms with Gasteiger partial charge in [-0.3, -0.25) is 9.59 Å². The zero-order valence-electron chi connectivity index (χ0n) is 16.1. The molecule has 0 bridgehead atoms. The van der Waals surface area contributed by atoms with Gasteiger partial charge in [0.05, 0.1) is 17.1 Å². The average molecular weight is 407 g/mol. The van der Waals surface area contributed by atoms with Crippen molar-refractivity contribution < 1.29 is 9.59 Å². The summed E-state index contributed by atoms with van der Waals surface area (Å²) < 4.78 is 0. The number of carbonyl (C=O) groups excluding carboxylic acids is 2. The van der Waals surface area contributed by atoms with E-state index in [-0.39, 0.29) is 30.3 Å². The second-order valence-corrected chi connectivity index (χ2v) is 7.22. The van der Waals surface area contributed by atoms with E-state index in [4.69, 9.17) is 11.6 Å². The van der Waals surface area contributed by atoms with Gasteiger partial charge in [-0.25, -0.2) is 0 Å². The Balaban J connectivity index is 1.66. The van der Waals surface area contributed by atoms with E-state index in [1.165, 1.54) is 0 Å². The van der Waals surface area contributed by atoms with Crippen LogP contribution in [0.5, 0.6) is 0 Å². The number of nitrogens with one attached hydrogen (secondary N) is 2. The molecule has 4 nitrogen and oxygen atoms in total. The van der Waals surface area contributed by atoms with Crippen molar-refractivity contribution in [2.24, 2.45) is 0 Å². The van der Waals surface area contributed by atoms with Crippen LogP contribution in [0.2, 0.25) is 5.02 Å². The molecule has 2 amide bonds. The van der Waals surface area contributed by atoms with E-state index in [1.54, 1.807) is 24.3 Å². The first-order chi connectivity index (χ1) is 14.1. The van der Waals surface area contributed by atoms with Gasteiger partial charge < -0.3 is 10.6 Å². The summed E-state index contributed by atoms with van der Waals surface area (Å²) >= 11 is 6.03. The van der Waals surface area contributed by atoms with Gasteiger partial charge in [0, 0.05) is 12.0 Å². The van der Waals surface area contributed by atoms with Crippen LogP contribution in [0.4, 0.5) is 0 Å². The van der Waals surface area contributed by atoms with E-state index < -0.39 is 0 Å². The molecule has 0 aliphatic carbocycles. The Morgan fingerprint density at radius 2 is 1.34 bits per heavy atom. The molecule has 5 heteroatoms. The molecule has 3 rings (SSSR count). The lowest BCUT2D eigenvalue weighted by atomic mass is 9.86. The fourth-order valence-electron chi connectivity index (χ4n) is 3.38. The van der Waals surface area contributed by atoms with Gasteiger partial charge in [0.2, 0.25) is 5.91 Å². The van der Waals surface area contributed by atoms with Gasteiger partial charge in [0.15, 0.2) is 0 Å². The Morgan fingerprint density at radius 3 is 1.90 bits per heavy atom. The van der Waals surface area contributed by atoms with Gasteiger partial charge in [-0.1, -0.05) is 84.4 Å². The molecule has 2 N–H and O–H groups in total. The Bertz CT molecular complexity index is 921. The molecule has 3 aromatic rings. The van der Waals surface area contributed by atoms with Crippen molar-refractivity contribution in [1.29, 1.82) is 0 Å². The number of hydrogen-bond acceptors (Lipinski definition) is 2. The number of benzene rings is 3. The lowest BCUT2D eigenvalue weighted by Gasteiger charge is -2.26. The molecule has 0 aliphatic heterocycles. The maximum atomic E-state index is 12.5. The van der Waals surface area contributed by atoms with E-state index in [2.05, 4.69) is 34.9 Å². The molecule has 3 aromatic carbocycles. The molecule has 0 aromatic heterocycles. The first-order valence-electron chi connectivity index (χ1n) is 9.48. The Hall–Kier alpha value is -3.11. The van der Waals surface area contributed by atoms with Crippen LogP contribution >= 0.6 is 11.6 Å². The highest BCUT2D eigenvalue weighted by Gasteiger charge is 2.23. The summed E-state index contributed by atoms with van der Waals surface area (Å²) in [5.74, 6) is -0.628. The van der Waals surface area contributed by atoms with Gasteiger partial charge in [-0.15, -0.1) is 0 Å². The normalized spacial score (nSPS) is 11.7. The minimum Gasteiger partial charge on any atom is -0.351 e. The number of amides is 2. The number of halogens is 1. The van der Waals surface area contributed by atoms with Crippen LogP contribution in [0, 0.1) is 0 Å². The van der Waals surface area contributed by atoms with Gasteiger partial charge in [0.1, 0.15) is 0 Å². The average Bonchev–Trinajstić information content (AvgIpc) is 2.74. The molecule has 0 radical (unpaired) electrons. The van der Waals surface area contributed by atoms with Crippen molar-refractivity contribution in [2.45, 2.75) is 18.9 Å². The van der Waals surface area contributed by atoms with Crippen LogP contribution in [-0.2, 0) is 4.79 Å². The molecule has 0 aliphatic rings. The van der Waals surface area contributed by atoms with Crippen molar-refractivity contribution >= 4 is 23.4 Å². The Labute approximate surface area is 175 Å². The zero-order chi connectivity index (χ0) is 20.6. The van der Waals surface area contributed by atoms with Crippen LogP contribution in [-0.4, -0.2) is 24.4 Å². The SMILES string of the molecule is C[C@H](NC(=O)CNC(=O)c1ccccc1Cl)C(c1ccccc1)c1ccccc1. The third-order valence-corrected chi connectivity index (χ3v) is 5.06. The number of hydrogen-bond donors (Lipinski definition) is 2. The Kier molecular flexibility index (Phi) is 7.04. The minimum atomic E-state index is -0.374. The topological polar surface area (TPSA) is 58.2 Å². The van der Waals surface area contributed by atoms with Crippen LogP contribution < -0.4 is 10.6 Å². The van der Waals surface area contributed by atoms with Gasteiger partial charge in [0.25, 0.3) is 5.91 Å². The molecule has 0 heterocycles. The summed E-state index contributed by atoms with van der Waals surface area (Å²) in [5, 5.41) is 5.99. The third-order valence-electron chi connectivity index (χ3n) is 4.73. The van der Waals surface area contributed by atoms with Crippen LogP contribution in [0.15, 0.2) is 84.9 Å². The largest absolute Gasteiger partial charge is 0.351 e. The molecular formula is C24H23ClN2O2. The maximum Gasteiger partial charge on any atom is 0.253 e. The van der Waals surface area contributed by atoms with Crippen LogP contribution in [0.3, 0.4) is 0 Å². The zero-order valence-corrected chi connectivity index (χ0v) is 16.9. The fourth-order valence-corrected chi connectivity index (χ4v) is 3.60. The highest BCUT2D eigenvalue weighted by Crippen LogP contribution is 2.27. The lowest BCUT2D eigenvalue weighted by Crippen LogP contribution is -2.43. The monoisotopic (exact) mass is 406 g/mol. The summed E-state index contributed by atoms with van der Waals surface area (Å²) in [4.78, 5) is 24.7. The molecule has 0 saturated heterocycles. The van der Waals surface area contributed by atoms with Gasteiger partial charge in [-0.05, 0) is 30.2 Å². The molecule has 0 spiro atoms. The van der Waals surface area contributed by atoms with E-state index in [0.717, 1.165) is 11.1 Å². The fraction of sp³-hybridized carbons (Fsp3) is 0.167. The van der Waals surface area contributed by atoms with Crippen molar-refractivity contribution in [1.82, 2.24) is 10.6 Å². The van der Waals surface area contributed by atoms with Crippen molar-refractivity contribution in [2.75, 3.05) is 6.54 Å². The predicted octanol–water partition coefficient (Wildman–Crippen LogP) is 4.41. The Morgan fingerprint density at radius 1 is 0.828 bits per heavy atom. The molecule has 0 unspecified atom stereocenters. The van der Waals surface area contributed by atoms with Crippen molar-refractivity contribution in [3.05, 3.63) is 107 Å². The molecule has 1 atom stereocenters. The van der Waals surface area contributed by atoms with Gasteiger partial charge in [-0.2, -0.15) is 0 Å². The maximum absolute atomic E-state index is 12.5. The molecular weight excluding hydrogens is 384 g/mol. The standard InChI is InChI=1S/C24H23ClN2O2/c1-17(23(18-10-4-2-5-11-18)19-12-6-3-7-13-19)27-22(28)16-26-24(29)20-14-8-9-15-21(20)25/h2-15,17,23H,16H2,1H3,(H,26,29)(H,27,28)/t17-/m0/s1. The summed E-state index contributed by atoms with van der Waals surface area (Å²) in [6, 6.07) is 26.7. The van der Waals surface area contributed by atoms with E-state index >= 15 is 0 Å². The third kappa shape index (κ3) is 5.46. The van der Waals surface area contributed by atoms with Gasteiger partial charge >= 0.3 is 0 Å². The first-order valence-corrected chi connectivity index (χ1v) is 9.86. The number of carbonyl (C=O) groups is 2. The van der Waals surface area contributed by atoms with Crippen LogP contribution in [0.25, 0.3) is 0 Å². The summed E-state index contributed by atoms with van der Waals surface area (Å²) in [6.07, 6.45) is 0. The van der Waals surface area contributed by atoms with E-state index in [1.807, 2.05) is 43.3 Å². The van der Waals surface area contributed by atoms with E-state index in [9.17, 15) is 9.59 Å². The molecule has 148 valence electrons. The number of rotatable bonds is 7. The minimum absolute atomic E-state index is 0.000573. The quantitative estimate of drug-likeness (QED) is 0.610. The summed E-state index contributed by atoms with van der Waals surface area (Å²) in [5.41, 5.74) is 2.58. The highest BCUT2D eigenvalue weighted by atomic mass is 35.5. The molecule has 29 heavy (non-hydrogen) atoms. The highest BCUT2D eigenvalue weighted by molar-refractivity contribution is 6.33. The molecule has 0 saturated carbocycles. The first kappa shape index (κ1) is 20.6.